The van der Waals surface area contributed by atoms with Crippen molar-refractivity contribution >= 4 is 6.47 Å². The molecule has 0 amide bonds. The lowest BCUT2D eigenvalue weighted by atomic mass is 10.2. The number of hydrogen-bond acceptors (Lipinski definition) is 6. The maximum absolute atomic E-state index is 14.8. The fourth-order valence-corrected chi connectivity index (χ4v) is 2.67. The quantitative estimate of drug-likeness (QED) is 0.456. The van der Waals surface area contributed by atoms with Crippen molar-refractivity contribution in [3.63, 3.8) is 0 Å². The van der Waals surface area contributed by atoms with Crippen molar-refractivity contribution < 1.29 is 32.9 Å². The minimum absolute atomic E-state index is 0.0877. The Labute approximate surface area is 173 Å². The molecule has 0 aliphatic heterocycles. The van der Waals surface area contributed by atoms with Crippen LogP contribution in [0, 0.1) is 5.82 Å². The van der Waals surface area contributed by atoms with Crippen LogP contribution in [0.25, 0.3) is 0 Å². The van der Waals surface area contributed by atoms with Gasteiger partial charge < -0.3 is 23.7 Å². The van der Waals surface area contributed by atoms with Gasteiger partial charge in [0.1, 0.15) is 24.7 Å². The van der Waals surface area contributed by atoms with Crippen LogP contribution in [0.3, 0.4) is 0 Å². The molecular formula is C23H21FO6. The highest BCUT2D eigenvalue weighted by molar-refractivity contribution is 5.52. The van der Waals surface area contributed by atoms with Gasteiger partial charge in [-0.15, -0.1) is 0 Å². The van der Waals surface area contributed by atoms with E-state index >= 15 is 0 Å². The molecule has 3 rings (SSSR count). The summed E-state index contributed by atoms with van der Waals surface area (Å²) in [5.74, 6) is 0.418. The molecule has 0 radical (unpaired) electrons. The molecule has 0 aliphatic carbocycles. The van der Waals surface area contributed by atoms with Crippen molar-refractivity contribution in [2.75, 3.05) is 14.2 Å². The Morgan fingerprint density at radius 3 is 1.73 bits per heavy atom. The molecule has 0 saturated heterocycles. The second kappa shape index (κ2) is 10.2. The zero-order chi connectivity index (χ0) is 21.3. The van der Waals surface area contributed by atoms with E-state index in [4.69, 9.17) is 18.9 Å². The molecule has 3 aromatic carbocycles. The standard InChI is InChI=1S/C23H21FO6/c1-26-18-7-3-16(4-8-18)13-28-21-12-11-20(30-15-25)22(24)23(21)29-14-17-5-9-19(27-2)10-6-17/h3-12,15H,13-14H2,1-2H3. The summed E-state index contributed by atoms with van der Waals surface area (Å²) in [5, 5.41) is 0. The first-order chi connectivity index (χ1) is 14.6. The summed E-state index contributed by atoms with van der Waals surface area (Å²) in [6.07, 6.45) is 0. The summed E-state index contributed by atoms with van der Waals surface area (Å²) < 4.78 is 41.2. The maximum atomic E-state index is 14.8. The molecule has 0 unspecified atom stereocenters. The lowest BCUT2D eigenvalue weighted by Gasteiger charge is -2.15. The lowest BCUT2D eigenvalue weighted by molar-refractivity contribution is -0.120. The second-order valence-electron chi connectivity index (χ2n) is 6.19. The molecule has 3 aromatic rings. The van der Waals surface area contributed by atoms with E-state index in [-0.39, 0.29) is 36.9 Å². The number of benzene rings is 3. The fourth-order valence-electron chi connectivity index (χ4n) is 2.67. The molecule has 0 aromatic heterocycles. The van der Waals surface area contributed by atoms with Gasteiger partial charge in [0.25, 0.3) is 6.47 Å². The van der Waals surface area contributed by atoms with Crippen LogP contribution in [0.2, 0.25) is 0 Å². The topological polar surface area (TPSA) is 63.2 Å². The van der Waals surface area contributed by atoms with E-state index in [0.717, 1.165) is 16.9 Å². The average molecular weight is 412 g/mol. The van der Waals surface area contributed by atoms with Crippen LogP contribution >= 0.6 is 0 Å². The fraction of sp³-hybridized carbons (Fsp3) is 0.174. The molecule has 0 N–H and O–H groups in total. The normalized spacial score (nSPS) is 10.2. The van der Waals surface area contributed by atoms with Crippen molar-refractivity contribution in [2.45, 2.75) is 13.2 Å². The number of rotatable bonds is 10. The van der Waals surface area contributed by atoms with Crippen molar-refractivity contribution in [3.8, 4) is 28.7 Å². The van der Waals surface area contributed by atoms with Gasteiger partial charge in [0, 0.05) is 0 Å². The summed E-state index contributed by atoms with van der Waals surface area (Å²) in [6.45, 7) is 0.435. The molecule has 0 bridgehead atoms. The predicted molar refractivity (Wildman–Crippen MR) is 108 cm³/mol. The summed E-state index contributed by atoms with van der Waals surface area (Å²) in [6, 6.07) is 17.3. The molecule has 0 heterocycles. The van der Waals surface area contributed by atoms with E-state index in [1.54, 1.807) is 50.6 Å². The highest BCUT2D eigenvalue weighted by atomic mass is 19.1. The van der Waals surface area contributed by atoms with E-state index in [1.165, 1.54) is 12.1 Å². The zero-order valence-corrected chi connectivity index (χ0v) is 16.6. The van der Waals surface area contributed by atoms with Crippen LogP contribution in [0.1, 0.15) is 11.1 Å². The number of methoxy groups -OCH3 is 2. The molecule has 0 fully saturated rings. The summed E-state index contributed by atoms with van der Waals surface area (Å²) in [7, 11) is 3.16. The van der Waals surface area contributed by atoms with Gasteiger partial charge >= 0.3 is 0 Å². The number of carbonyl (C=O) groups is 1. The molecular weight excluding hydrogens is 391 g/mol. The first kappa shape index (κ1) is 21.0. The molecule has 0 spiro atoms. The van der Waals surface area contributed by atoms with E-state index in [9.17, 15) is 9.18 Å². The van der Waals surface area contributed by atoms with E-state index in [2.05, 4.69) is 4.74 Å². The van der Waals surface area contributed by atoms with Gasteiger partial charge in [-0.05, 0) is 47.5 Å². The molecule has 7 heteroatoms. The first-order valence-corrected chi connectivity index (χ1v) is 9.09. The minimum atomic E-state index is -0.817. The van der Waals surface area contributed by atoms with E-state index in [1.807, 2.05) is 12.1 Å². The van der Waals surface area contributed by atoms with Gasteiger partial charge in [0.2, 0.25) is 11.6 Å². The highest BCUT2D eigenvalue weighted by Crippen LogP contribution is 2.37. The van der Waals surface area contributed by atoms with Crippen LogP contribution < -0.4 is 23.7 Å². The van der Waals surface area contributed by atoms with Crippen LogP contribution in [-0.4, -0.2) is 20.7 Å². The largest absolute Gasteiger partial charge is 0.497 e. The van der Waals surface area contributed by atoms with Crippen molar-refractivity contribution in [2.24, 2.45) is 0 Å². The SMILES string of the molecule is COc1ccc(COc2ccc(OC=O)c(F)c2OCc2ccc(OC)cc2)cc1. The van der Waals surface area contributed by atoms with Crippen molar-refractivity contribution in [1.29, 1.82) is 0 Å². The Bertz CT molecular complexity index is 970. The zero-order valence-electron chi connectivity index (χ0n) is 16.6. The predicted octanol–water partition coefficient (Wildman–Crippen LogP) is 4.54. The molecule has 0 saturated carbocycles. The number of hydrogen-bond donors (Lipinski definition) is 0. The third kappa shape index (κ3) is 5.20. The van der Waals surface area contributed by atoms with Gasteiger partial charge in [0.05, 0.1) is 14.2 Å². The number of carbonyl (C=O) groups excluding carboxylic acids is 1. The van der Waals surface area contributed by atoms with Gasteiger partial charge in [-0.1, -0.05) is 24.3 Å². The summed E-state index contributed by atoms with van der Waals surface area (Å²) in [5.41, 5.74) is 1.67. The Kier molecular flexibility index (Phi) is 7.10. The third-order valence-corrected chi connectivity index (χ3v) is 4.30. The minimum Gasteiger partial charge on any atom is -0.497 e. The van der Waals surface area contributed by atoms with Crippen LogP contribution in [-0.2, 0) is 18.0 Å². The Balaban J connectivity index is 1.78. The molecule has 0 aliphatic rings. The smallest absolute Gasteiger partial charge is 0.298 e. The number of halogens is 1. The van der Waals surface area contributed by atoms with Gasteiger partial charge in [0.15, 0.2) is 11.5 Å². The molecule has 156 valence electrons. The average Bonchev–Trinajstić information content (AvgIpc) is 2.79. The lowest BCUT2D eigenvalue weighted by Crippen LogP contribution is -2.04. The van der Waals surface area contributed by atoms with Gasteiger partial charge in [-0.25, -0.2) is 0 Å². The van der Waals surface area contributed by atoms with Gasteiger partial charge in [-0.2, -0.15) is 4.39 Å². The highest BCUT2D eigenvalue weighted by Gasteiger charge is 2.18. The van der Waals surface area contributed by atoms with Crippen molar-refractivity contribution in [1.82, 2.24) is 0 Å². The Morgan fingerprint density at radius 1 is 0.733 bits per heavy atom. The van der Waals surface area contributed by atoms with E-state index in [0.29, 0.717) is 5.75 Å². The molecule has 0 atom stereocenters. The van der Waals surface area contributed by atoms with Gasteiger partial charge in [-0.3, -0.25) is 4.79 Å². The Hall–Kier alpha value is -3.74. The number of ether oxygens (including phenoxy) is 5. The van der Waals surface area contributed by atoms with Crippen LogP contribution in [0.4, 0.5) is 4.39 Å². The molecule has 30 heavy (non-hydrogen) atoms. The van der Waals surface area contributed by atoms with Crippen LogP contribution in [0.15, 0.2) is 60.7 Å². The summed E-state index contributed by atoms with van der Waals surface area (Å²) >= 11 is 0. The third-order valence-electron chi connectivity index (χ3n) is 4.30. The molecule has 6 nitrogen and oxygen atoms in total. The first-order valence-electron chi connectivity index (χ1n) is 9.09. The second-order valence-corrected chi connectivity index (χ2v) is 6.19. The maximum Gasteiger partial charge on any atom is 0.298 e. The summed E-state index contributed by atoms with van der Waals surface area (Å²) in [4.78, 5) is 10.6. The van der Waals surface area contributed by atoms with Crippen LogP contribution in [0.5, 0.6) is 28.7 Å². The monoisotopic (exact) mass is 412 g/mol. The van der Waals surface area contributed by atoms with E-state index < -0.39 is 5.82 Å². The van der Waals surface area contributed by atoms with Crippen molar-refractivity contribution in [3.05, 3.63) is 77.6 Å². The Morgan fingerprint density at radius 2 is 1.23 bits per heavy atom.